The van der Waals surface area contributed by atoms with Crippen LogP contribution in [0.2, 0.25) is 0 Å². The summed E-state index contributed by atoms with van der Waals surface area (Å²) in [6.07, 6.45) is -0.188. The van der Waals surface area contributed by atoms with E-state index in [-0.39, 0.29) is 58.2 Å². The maximum absolute atomic E-state index is 12.2. The molecule has 2 aliphatic rings. The van der Waals surface area contributed by atoms with Gasteiger partial charge in [0.15, 0.2) is 0 Å². The second-order valence-corrected chi connectivity index (χ2v) is 13.2. The zero-order valence-corrected chi connectivity index (χ0v) is 30.9. The minimum Gasteiger partial charge on any atom is -0.490 e. The summed E-state index contributed by atoms with van der Waals surface area (Å²) in [5, 5.41) is 2.53. The summed E-state index contributed by atoms with van der Waals surface area (Å²) < 4.78 is 32.7. The highest BCUT2D eigenvalue weighted by Gasteiger charge is 2.51. The highest BCUT2D eigenvalue weighted by atomic mass is 16.6. The number of ether oxygens (including phenoxy) is 6. The fraction of sp³-hybridized carbons (Fsp3) is 0.273. The molecule has 2 aliphatic carbocycles. The minimum absolute atomic E-state index is 0.000764. The quantitative estimate of drug-likeness (QED) is 0.0447. The number of hydrogen-bond acceptors (Lipinski definition) is 10. The van der Waals surface area contributed by atoms with Gasteiger partial charge in [0.25, 0.3) is 0 Å². The summed E-state index contributed by atoms with van der Waals surface area (Å²) in [5.41, 5.74) is 8.93. The highest BCUT2D eigenvalue weighted by molar-refractivity contribution is 5.95. The third-order valence-corrected chi connectivity index (χ3v) is 9.29. The fourth-order valence-electron chi connectivity index (χ4n) is 6.94. The predicted octanol–water partition coefficient (Wildman–Crippen LogP) is 7.08. The van der Waals surface area contributed by atoms with Crippen LogP contribution in [-0.4, -0.2) is 70.2 Å². The average Bonchev–Trinajstić information content (AvgIpc) is 3.64. The molecule has 6 rings (SSSR count). The molecule has 1 amide bonds. The van der Waals surface area contributed by atoms with Crippen LogP contribution in [0.15, 0.2) is 109 Å². The molecule has 0 saturated heterocycles. The van der Waals surface area contributed by atoms with E-state index < -0.39 is 29.4 Å². The molecule has 284 valence electrons. The lowest BCUT2D eigenvalue weighted by molar-refractivity contribution is -0.146. The van der Waals surface area contributed by atoms with E-state index in [0.717, 1.165) is 22.3 Å². The van der Waals surface area contributed by atoms with Crippen molar-refractivity contribution in [3.05, 3.63) is 131 Å². The normalized spacial score (nSPS) is 12.3. The fourth-order valence-corrected chi connectivity index (χ4v) is 6.94. The van der Waals surface area contributed by atoms with Gasteiger partial charge in [-0.3, -0.25) is 4.79 Å². The van der Waals surface area contributed by atoms with Crippen molar-refractivity contribution in [3.63, 3.8) is 0 Å². The molecule has 0 aromatic heterocycles. The monoisotopic (exact) mass is 745 g/mol. The topological polar surface area (TPSA) is 136 Å². The van der Waals surface area contributed by atoms with E-state index in [1.54, 1.807) is 13.8 Å². The summed E-state index contributed by atoms with van der Waals surface area (Å²) in [5.74, 6) is -0.197. The van der Waals surface area contributed by atoms with Gasteiger partial charge in [-0.2, -0.15) is 0 Å². The molecule has 0 fully saturated rings. The number of fused-ring (bicyclic) bond motifs is 10. The van der Waals surface area contributed by atoms with Crippen molar-refractivity contribution in [2.75, 3.05) is 46.2 Å². The average molecular weight is 746 g/mol. The first kappa shape index (κ1) is 38.4. The minimum atomic E-state index is -0.651. The van der Waals surface area contributed by atoms with E-state index in [4.69, 9.17) is 28.4 Å². The van der Waals surface area contributed by atoms with Crippen molar-refractivity contribution in [3.8, 4) is 33.8 Å². The maximum Gasteiger partial charge on any atom is 0.407 e. The van der Waals surface area contributed by atoms with E-state index in [0.29, 0.717) is 23.5 Å². The predicted molar refractivity (Wildman–Crippen MR) is 205 cm³/mol. The van der Waals surface area contributed by atoms with Gasteiger partial charge in [-0.15, -0.1) is 0 Å². The number of benzene rings is 4. The summed E-state index contributed by atoms with van der Waals surface area (Å²) in [6.45, 7) is 10.7. The van der Waals surface area contributed by atoms with Crippen molar-refractivity contribution in [1.29, 1.82) is 0 Å². The van der Waals surface area contributed by atoms with Crippen molar-refractivity contribution < 1.29 is 47.6 Å². The van der Waals surface area contributed by atoms with Crippen molar-refractivity contribution in [1.82, 2.24) is 5.32 Å². The van der Waals surface area contributed by atoms with E-state index >= 15 is 0 Å². The van der Waals surface area contributed by atoms with Crippen molar-refractivity contribution >= 4 is 24.0 Å². The Kier molecular flexibility index (Phi) is 12.0. The number of alkyl carbamates (subject to hydrolysis) is 1. The van der Waals surface area contributed by atoms with Crippen LogP contribution in [-0.2, 0) is 38.7 Å². The summed E-state index contributed by atoms with van der Waals surface area (Å²) in [4.78, 5) is 47.4. The Morgan fingerprint density at radius 3 is 1.60 bits per heavy atom. The van der Waals surface area contributed by atoms with Crippen LogP contribution in [0.25, 0.3) is 22.3 Å². The zero-order valence-electron chi connectivity index (χ0n) is 30.9. The number of esters is 3. The largest absolute Gasteiger partial charge is 0.490 e. The van der Waals surface area contributed by atoms with Gasteiger partial charge in [0.05, 0.1) is 18.6 Å². The van der Waals surface area contributed by atoms with Crippen LogP contribution in [0.4, 0.5) is 4.79 Å². The van der Waals surface area contributed by atoms with Gasteiger partial charge in [0.2, 0.25) is 0 Å². The molecule has 11 heteroatoms. The lowest BCUT2D eigenvalue weighted by atomic mass is 9.70. The van der Waals surface area contributed by atoms with Crippen LogP contribution in [0.5, 0.6) is 11.5 Å². The lowest BCUT2D eigenvalue weighted by Crippen LogP contribution is -2.29. The molecule has 11 nitrogen and oxygen atoms in total. The highest BCUT2D eigenvalue weighted by Crippen LogP contribution is 2.63. The molecule has 1 spiro atoms. The standard InChI is InChI=1S/C44H43NO10/c1-28(2)41(47)53-20-9-14-40(46)52-24-22-50-30-15-17-38-34(26-30)35-27-31(51-23-25-55-43(49)45-19-21-54-42(48)29(3)4)16-18-39(35)44(38)36-12-7-5-10-32(36)33-11-6-8-13-37(33)44/h5-8,10-13,15-18,26-27H,1,3,9,14,19-25H2,2,4H3,(H,45,49). The number of amides is 1. The van der Waals surface area contributed by atoms with Crippen LogP contribution in [0.3, 0.4) is 0 Å². The Hall–Kier alpha value is -6.36. The van der Waals surface area contributed by atoms with Crippen molar-refractivity contribution in [2.45, 2.75) is 32.1 Å². The van der Waals surface area contributed by atoms with Crippen LogP contribution in [0.1, 0.15) is 48.9 Å². The molecule has 0 radical (unpaired) electrons. The molecular formula is C44H43NO10. The first-order valence-corrected chi connectivity index (χ1v) is 18.1. The van der Waals surface area contributed by atoms with Crippen LogP contribution in [0, 0.1) is 0 Å². The van der Waals surface area contributed by atoms with Gasteiger partial charge < -0.3 is 33.7 Å². The molecular weight excluding hydrogens is 702 g/mol. The van der Waals surface area contributed by atoms with E-state index in [1.165, 1.54) is 22.3 Å². The Morgan fingerprint density at radius 2 is 1.05 bits per heavy atom. The van der Waals surface area contributed by atoms with Crippen LogP contribution < -0.4 is 14.8 Å². The Bertz CT molecular complexity index is 1990. The van der Waals surface area contributed by atoms with Gasteiger partial charge in [-0.05, 0) is 89.0 Å². The van der Waals surface area contributed by atoms with E-state index in [9.17, 15) is 19.2 Å². The molecule has 55 heavy (non-hydrogen) atoms. The summed E-state index contributed by atoms with van der Waals surface area (Å²) in [6, 6.07) is 29.1. The zero-order chi connectivity index (χ0) is 39.0. The molecule has 4 aromatic carbocycles. The Morgan fingerprint density at radius 1 is 0.564 bits per heavy atom. The summed E-state index contributed by atoms with van der Waals surface area (Å²) in [7, 11) is 0. The second-order valence-electron chi connectivity index (χ2n) is 13.2. The smallest absolute Gasteiger partial charge is 0.407 e. The third kappa shape index (κ3) is 8.26. The molecule has 1 N–H and O–H groups in total. The first-order chi connectivity index (χ1) is 26.6. The molecule has 0 unspecified atom stereocenters. The number of carbonyl (C=O) groups excluding carboxylic acids is 4. The Balaban J connectivity index is 1.15. The van der Waals surface area contributed by atoms with Gasteiger partial charge in [0, 0.05) is 17.6 Å². The summed E-state index contributed by atoms with van der Waals surface area (Å²) >= 11 is 0. The molecule has 4 aromatic rings. The Labute approximate surface area is 319 Å². The molecule has 0 bridgehead atoms. The lowest BCUT2D eigenvalue weighted by Gasteiger charge is -2.30. The molecule has 0 atom stereocenters. The van der Waals surface area contributed by atoms with Gasteiger partial charge in [-0.25, -0.2) is 14.4 Å². The molecule has 0 heterocycles. The first-order valence-electron chi connectivity index (χ1n) is 18.1. The van der Waals surface area contributed by atoms with Crippen molar-refractivity contribution in [2.24, 2.45) is 0 Å². The second kappa shape index (κ2) is 17.2. The number of carbonyl (C=O) groups is 4. The third-order valence-electron chi connectivity index (χ3n) is 9.29. The van der Waals surface area contributed by atoms with Gasteiger partial charge in [-0.1, -0.05) is 73.8 Å². The number of rotatable bonds is 17. The maximum atomic E-state index is 12.2. The molecule has 0 aliphatic heterocycles. The molecule has 0 saturated carbocycles. The van der Waals surface area contributed by atoms with E-state index in [2.05, 4.69) is 79.1 Å². The van der Waals surface area contributed by atoms with E-state index in [1.807, 2.05) is 24.3 Å². The van der Waals surface area contributed by atoms with Gasteiger partial charge in [0.1, 0.15) is 44.5 Å². The number of hydrogen-bond donors (Lipinski definition) is 1. The SMILES string of the molecule is C=C(C)C(=O)OCCCC(=O)OCCOc1ccc2c(c1)-c1cc(OCCOC(=O)NCCOC(=O)C(=C)C)ccc1C21c2ccccc2-c2ccccc21. The van der Waals surface area contributed by atoms with Gasteiger partial charge >= 0.3 is 24.0 Å². The van der Waals surface area contributed by atoms with Crippen LogP contribution >= 0.6 is 0 Å². The number of nitrogens with one attached hydrogen (secondary N) is 1.